The van der Waals surface area contributed by atoms with Crippen LogP contribution in [0.5, 0.6) is 0 Å². The third-order valence-electron chi connectivity index (χ3n) is 3.14. The van der Waals surface area contributed by atoms with Crippen molar-refractivity contribution in [1.82, 2.24) is 4.31 Å². The fraction of sp³-hybridized carbons (Fsp3) is 0.231. The summed E-state index contributed by atoms with van der Waals surface area (Å²) >= 11 is 7.16. The quantitative estimate of drug-likeness (QED) is 0.604. The van der Waals surface area contributed by atoms with E-state index in [1.807, 2.05) is 18.4 Å². The number of nitro benzene ring substituents is 1. The molecule has 0 saturated carbocycles. The van der Waals surface area contributed by atoms with Crippen LogP contribution in [-0.2, 0) is 16.6 Å². The predicted octanol–water partition coefficient (Wildman–Crippen LogP) is 3.44. The van der Waals surface area contributed by atoms with Gasteiger partial charge in [-0.25, -0.2) is 8.42 Å². The van der Waals surface area contributed by atoms with E-state index in [-0.39, 0.29) is 16.5 Å². The van der Waals surface area contributed by atoms with Gasteiger partial charge in [0.25, 0.3) is 5.69 Å². The summed E-state index contributed by atoms with van der Waals surface area (Å²) in [6.45, 7) is 2.04. The number of hydrogen-bond acceptors (Lipinski definition) is 5. The smallest absolute Gasteiger partial charge is 0.258 e. The molecule has 1 aromatic carbocycles. The fourth-order valence-corrected chi connectivity index (χ4v) is 4.35. The van der Waals surface area contributed by atoms with Crippen molar-refractivity contribution in [2.24, 2.45) is 0 Å². The Morgan fingerprint density at radius 1 is 1.36 bits per heavy atom. The molecule has 0 aliphatic rings. The molecule has 1 aromatic heterocycles. The Morgan fingerprint density at radius 3 is 2.59 bits per heavy atom. The molecule has 6 nitrogen and oxygen atoms in total. The number of nitrogens with zero attached hydrogens (tertiary/aromatic N) is 2. The van der Waals surface area contributed by atoms with Crippen LogP contribution in [0.3, 0.4) is 0 Å². The minimum Gasteiger partial charge on any atom is -0.258 e. The first-order valence-electron chi connectivity index (χ1n) is 6.16. The third-order valence-corrected chi connectivity index (χ3v) is 6.23. The molecule has 2 rings (SSSR count). The van der Waals surface area contributed by atoms with E-state index >= 15 is 0 Å². The molecule has 9 heteroatoms. The Bertz CT molecular complexity index is 817. The molecule has 0 amide bonds. The fourth-order valence-electron chi connectivity index (χ4n) is 1.87. The van der Waals surface area contributed by atoms with Crippen molar-refractivity contribution in [2.75, 3.05) is 7.05 Å². The molecule has 0 bridgehead atoms. The van der Waals surface area contributed by atoms with Crippen LogP contribution in [-0.4, -0.2) is 24.7 Å². The zero-order valence-electron chi connectivity index (χ0n) is 11.8. The highest BCUT2D eigenvalue weighted by atomic mass is 35.5. The van der Waals surface area contributed by atoms with E-state index in [2.05, 4.69) is 0 Å². The monoisotopic (exact) mass is 360 g/mol. The lowest BCUT2D eigenvalue weighted by atomic mass is 10.3. The number of aryl methyl sites for hydroxylation is 1. The molecule has 1 heterocycles. The summed E-state index contributed by atoms with van der Waals surface area (Å²) in [6.07, 6.45) is 0. The average Bonchev–Trinajstić information content (AvgIpc) is 2.83. The highest BCUT2D eigenvalue weighted by molar-refractivity contribution is 7.89. The van der Waals surface area contributed by atoms with E-state index in [1.165, 1.54) is 24.5 Å². The van der Waals surface area contributed by atoms with E-state index in [0.29, 0.717) is 0 Å². The van der Waals surface area contributed by atoms with Gasteiger partial charge in [-0.05, 0) is 36.1 Å². The van der Waals surface area contributed by atoms with Crippen LogP contribution in [0.1, 0.15) is 10.4 Å². The van der Waals surface area contributed by atoms with Crippen LogP contribution in [0.25, 0.3) is 0 Å². The molecule has 0 radical (unpaired) electrons. The van der Waals surface area contributed by atoms with Crippen molar-refractivity contribution < 1.29 is 13.3 Å². The van der Waals surface area contributed by atoms with E-state index in [9.17, 15) is 18.5 Å². The first-order chi connectivity index (χ1) is 10.2. The van der Waals surface area contributed by atoms with E-state index in [0.717, 1.165) is 26.9 Å². The Labute approximate surface area is 137 Å². The van der Waals surface area contributed by atoms with Gasteiger partial charge < -0.3 is 0 Å². The van der Waals surface area contributed by atoms with E-state index in [4.69, 9.17) is 11.6 Å². The zero-order valence-corrected chi connectivity index (χ0v) is 14.2. The Morgan fingerprint density at radius 2 is 2.05 bits per heavy atom. The molecule has 0 N–H and O–H groups in total. The number of hydrogen-bond donors (Lipinski definition) is 0. The topological polar surface area (TPSA) is 80.5 Å². The number of sulfonamides is 1. The van der Waals surface area contributed by atoms with E-state index in [1.54, 1.807) is 0 Å². The second-order valence-corrected chi connectivity index (χ2v) is 8.11. The largest absolute Gasteiger partial charge is 0.290 e. The van der Waals surface area contributed by atoms with Crippen LogP contribution >= 0.6 is 22.9 Å². The molecular formula is C13H13ClN2O4S2. The summed E-state index contributed by atoms with van der Waals surface area (Å²) in [6, 6.07) is 5.42. The van der Waals surface area contributed by atoms with Gasteiger partial charge in [-0.1, -0.05) is 11.6 Å². The molecule has 0 unspecified atom stereocenters. The van der Waals surface area contributed by atoms with Gasteiger partial charge >= 0.3 is 0 Å². The van der Waals surface area contributed by atoms with E-state index < -0.39 is 20.6 Å². The summed E-state index contributed by atoms with van der Waals surface area (Å²) < 4.78 is 26.3. The molecule has 0 atom stereocenters. The lowest BCUT2D eigenvalue weighted by Crippen LogP contribution is -2.27. The van der Waals surface area contributed by atoms with Gasteiger partial charge in [0.2, 0.25) is 10.0 Å². The Hall–Kier alpha value is -1.48. The highest BCUT2D eigenvalue weighted by Crippen LogP contribution is 2.30. The maximum Gasteiger partial charge on any atom is 0.290 e. The van der Waals surface area contributed by atoms with Crippen LogP contribution in [0.4, 0.5) is 5.69 Å². The normalized spacial score (nSPS) is 11.8. The van der Waals surface area contributed by atoms with Gasteiger partial charge in [0.05, 0.1) is 4.92 Å². The van der Waals surface area contributed by atoms with Crippen LogP contribution in [0.2, 0.25) is 5.02 Å². The number of benzene rings is 1. The van der Waals surface area contributed by atoms with Crippen molar-refractivity contribution in [2.45, 2.75) is 18.4 Å². The summed E-state index contributed by atoms with van der Waals surface area (Å²) in [5.74, 6) is 0. The minimum atomic E-state index is -3.98. The molecular weight excluding hydrogens is 348 g/mol. The highest BCUT2D eigenvalue weighted by Gasteiger charge is 2.30. The lowest BCUT2D eigenvalue weighted by Gasteiger charge is -2.17. The van der Waals surface area contributed by atoms with Crippen LogP contribution in [0.15, 0.2) is 34.5 Å². The second kappa shape index (κ2) is 6.33. The SMILES string of the molecule is Cc1ccsc1CN(C)S(=O)(=O)c1ccc(Cl)cc1[N+](=O)[O-]. The summed E-state index contributed by atoms with van der Waals surface area (Å²) in [5, 5.41) is 13.1. The molecule has 0 fully saturated rings. The van der Waals surface area contributed by atoms with Gasteiger partial charge in [0.1, 0.15) is 0 Å². The maximum absolute atomic E-state index is 12.6. The van der Waals surface area contributed by atoms with Gasteiger partial charge in [-0.2, -0.15) is 4.31 Å². The van der Waals surface area contributed by atoms with Gasteiger partial charge in [0.15, 0.2) is 4.90 Å². The first kappa shape index (κ1) is 16.9. The molecule has 0 spiro atoms. The number of halogens is 1. The Kier molecular flexibility index (Phi) is 4.86. The van der Waals surface area contributed by atoms with Crippen molar-refractivity contribution in [3.05, 3.63) is 55.2 Å². The van der Waals surface area contributed by atoms with Crippen LogP contribution < -0.4 is 0 Å². The van der Waals surface area contributed by atoms with Crippen molar-refractivity contribution in [3.63, 3.8) is 0 Å². The lowest BCUT2D eigenvalue weighted by molar-refractivity contribution is -0.387. The summed E-state index contributed by atoms with van der Waals surface area (Å²) in [4.78, 5) is 10.9. The van der Waals surface area contributed by atoms with Crippen molar-refractivity contribution in [1.29, 1.82) is 0 Å². The zero-order chi connectivity index (χ0) is 16.5. The van der Waals surface area contributed by atoms with Crippen molar-refractivity contribution in [3.8, 4) is 0 Å². The maximum atomic E-state index is 12.6. The first-order valence-corrected chi connectivity index (χ1v) is 8.86. The van der Waals surface area contributed by atoms with Crippen LogP contribution in [0, 0.1) is 17.0 Å². The van der Waals surface area contributed by atoms with Gasteiger partial charge in [0, 0.05) is 29.6 Å². The molecule has 2 aromatic rings. The second-order valence-electron chi connectivity index (χ2n) is 4.66. The number of nitro groups is 1. The Balaban J connectivity index is 2.42. The average molecular weight is 361 g/mol. The number of thiophene rings is 1. The molecule has 0 saturated heterocycles. The number of rotatable bonds is 5. The summed E-state index contributed by atoms with van der Waals surface area (Å²) in [5.41, 5.74) is 0.458. The predicted molar refractivity (Wildman–Crippen MR) is 85.8 cm³/mol. The third kappa shape index (κ3) is 3.30. The van der Waals surface area contributed by atoms with Crippen molar-refractivity contribution >= 4 is 38.6 Å². The molecule has 118 valence electrons. The molecule has 22 heavy (non-hydrogen) atoms. The minimum absolute atomic E-state index is 0.113. The van der Waals surface area contributed by atoms with Gasteiger partial charge in [-0.3, -0.25) is 10.1 Å². The van der Waals surface area contributed by atoms with Gasteiger partial charge in [-0.15, -0.1) is 11.3 Å². The molecule has 0 aliphatic carbocycles. The standard InChI is InChI=1S/C13H13ClN2O4S2/c1-9-5-6-21-12(9)8-15(2)22(19,20)13-4-3-10(14)7-11(13)16(17)18/h3-7H,8H2,1-2H3. The summed E-state index contributed by atoms with van der Waals surface area (Å²) in [7, 11) is -2.59. The molecule has 0 aliphatic heterocycles.